The number of benzene rings is 1. The highest BCUT2D eigenvalue weighted by molar-refractivity contribution is 5.91. The molecule has 8 heteroatoms. The van der Waals surface area contributed by atoms with Crippen LogP contribution in [0.15, 0.2) is 36.5 Å². The average molecular weight is 404 g/mol. The number of piperidine rings is 1. The third-order valence-corrected chi connectivity index (χ3v) is 5.15. The Hall–Kier alpha value is -3.44. The molecule has 0 bridgehead atoms. The largest absolute Gasteiger partial charge is 0.391 e. The van der Waals surface area contributed by atoms with E-state index >= 15 is 0 Å². The fourth-order valence-electron chi connectivity index (χ4n) is 3.63. The van der Waals surface area contributed by atoms with Gasteiger partial charge in [0.1, 0.15) is 0 Å². The summed E-state index contributed by atoms with van der Waals surface area (Å²) in [5, 5.41) is 22.3. The summed E-state index contributed by atoms with van der Waals surface area (Å²) < 4.78 is 1.72. The molecule has 3 heterocycles. The van der Waals surface area contributed by atoms with Gasteiger partial charge in [0.05, 0.1) is 18.2 Å². The number of nitrogens with zero attached hydrogens (tertiary/aromatic N) is 5. The van der Waals surface area contributed by atoms with E-state index in [0.29, 0.717) is 25.6 Å². The Bertz CT molecular complexity index is 1110. The van der Waals surface area contributed by atoms with Crippen molar-refractivity contribution in [1.82, 2.24) is 25.1 Å². The number of aliphatic hydroxyl groups is 1. The lowest BCUT2D eigenvalue weighted by molar-refractivity contribution is 0.0936. The number of pyridine rings is 1. The lowest BCUT2D eigenvalue weighted by atomic mass is 10.1. The van der Waals surface area contributed by atoms with Crippen LogP contribution in [0.4, 0.5) is 5.95 Å². The van der Waals surface area contributed by atoms with Crippen molar-refractivity contribution in [3.8, 4) is 11.8 Å². The third kappa shape index (κ3) is 4.26. The van der Waals surface area contributed by atoms with Gasteiger partial charge in [-0.3, -0.25) is 14.3 Å². The van der Waals surface area contributed by atoms with Crippen LogP contribution in [0.3, 0.4) is 0 Å². The minimum Gasteiger partial charge on any atom is -0.391 e. The number of hydrogen-bond acceptors (Lipinski definition) is 6. The monoisotopic (exact) mass is 404 g/mol. The Labute approximate surface area is 174 Å². The number of aromatic nitrogens is 4. The molecule has 1 aliphatic rings. The summed E-state index contributed by atoms with van der Waals surface area (Å²) in [6.45, 7) is 3.68. The molecular weight excluding hydrogens is 380 g/mol. The van der Waals surface area contributed by atoms with Gasteiger partial charge < -0.3 is 15.3 Å². The summed E-state index contributed by atoms with van der Waals surface area (Å²) in [6, 6.07) is 9.78. The Kier molecular flexibility index (Phi) is 5.91. The molecule has 0 spiro atoms. The fourth-order valence-corrected chi connectivity index (χ4v) is 3.63. The first-order valence-corrected chi connectivity index (χ1v) is 10.0. The number of carbonyl (C=O) groups is 1. The molecule has 2 N–H and O–H groups in total. The van der Waals surface area contributed by atoms with Gasteiger partial charge in [-0.25, -0.2) is 0 Å². The van der Waals surface area contributed by atoms with Crippen LogP contribution < -0.4 is 10.2 Å². The molecule has 1 atom stereocenters. The van der Waals surface area contributed by atoms with Crippen molar-refractivity contribution in [2.45, 2.75) is 39.0 Å². The van der Waals surface area contributed by atoms with Crippen molar-refractivity contribution in [2.24, 2.45) is 0 Å². The molecule has 1 aromatic carbocycles. The zero-order valence-electron chi connectivity index (χ0n) is 16.9. The molecule has 8 nitrogen and oxygen atoms in total. The van der Waals surface area contributed by atoms with Gasteiger partial charge in [0, 0.05) is 31.2 Å². The molecule has 3 aromatic rings. The Morgan fingerprint density at radius 2 is 2.23 bits per heavy atom. The second kappa shape index (κ2) is 8.93. The summed E-state index contributed by atoms with van der Waals surface area (Å²) >= 11 is 0. The van der Waals surface area contributed by atoms with E-state index in [-0.39, 0.29) is 11.7 Å². The van der Waals surface area contributed by atoms with Crippen LogP contribution in [0.25, 0.3) is 10.9 Å². The molecule has 2 aromatic heterocycles. The van der Waals surface area contributed by atoms with Gasteiger partial charge in [-0.2, -0.15) is 0 Å². The zero-order chi connectivity index (χ0) is 20.9. The molecular formula is C22H24N6O2. The molecule has 1 aliphatic heterocycles. The summed E-state index contributed by atoms with van der Waals surface area (Å²) in [5.74, 6) is 6.32. The quantitative estimate of drug-likeness (QED) is 0.629. The Balaban J connectivity index is 1.52. The smallest absolute Gasteiger partial charge is 0.289 e. The van der Waals surface area contributed by atoms with Crippen LogP contribution in [0.5, 0.6) is 0 Å². The molecule has 1 fully saturated rings. The van der Waals surface area contributed by atoms with E-state index < -0.39 is 6.10 Å². The summed E-state index contributed by atoms with van der Waals surface area (Å²) in [4.78, 5) is 19.1. The van der Waals surface area contributed by atoms with Crippen LogP contribution in [-0.2, 0) is 13.1 Å². The van der Waals surface area contributed by atoms with E-state index in [1.807, 2.05) is 35.2 Å². The first-order valence-electron chi connectivity index (χ1n) is 10.0. The van der Waals surface area contributed by atoms with Gasteiger partial charge in [0.2, 0.25) is 11.8 Å². The second-order valence-corrected chi connectivity index (χ2v) is 7.29. The van der Waals surface area contributed by atoms with Crippen molar-refractivity contribution in [3.63, 3.8) is 0 Å². The van der Waals surface area contributed by atoms with E-state index in [1.54, 1.807) is 17.7 Å². The fraction of sp³-hybridized carbons (Fsp3) is 0.364. The predicted molar refractivity (Wildman–Crippen MR) is 114 cm³/mol. The molecule has 0 radical (unpaired) electrons. The highest BCUT2D eigenvalue weighted by atomic mass is 16.3. The van der Waals surface area contributed by atoms with Gasteiger partial charge in [0.15, 0.2) is 0 Å². The van der Waals surface area contributed by atoms with Gasteiger partial charge in [0.25, 0.3) is 5.91 Å². The number of fused-ring (bicyclic) bond motifs is 1. The molecule has 30 heavy (non-hydrogen) atoms. The van der Waals surface area contributed by atoms with Gasteiger partial charge in [-0.05, 0) is 43.5 Å². The summed E-state index contributed by atoms with van der Waals surface area (Å²) in [5.41, 5.74) is 1.89. The first-order chi connectivity index (χ1) is 14.7. The van der Waals surface area contributed by atoms with E-state index in [2.05, 4.69) is 32.3 Å². The van der Waals surface area contributed by atoms with Crippen LogP contribution in [0.1, 0.15) is 35.9 Å². The highest BCUT2D eigenvalue weighted by Gasteiger charge is 2.25. The summed E-state index contributed by atoms with van der Waals surface area (Å²) in [6.07, 6.45) is 3.00. The first kappa shape index (κ1) is 19.9. The minimum absolute atomic E-state index is 0.218. The lowest BCUT2D eigenvalue weighted by Gasteiger charge is -2.30. The van der Waals surface area contributed by atoms with Crippen molar-refractivity contribution in [1.29, 1.82) is 0 Å². The number of β-amino-alcohol motifs (C(OH)–C–C–N with tert-alkyl or cyclic N) is 1. The van der Waals surface area contributed by atoms with Crippen LogP contribution >= 0.6 is 0 Å². The van der Waals surface area contributed by atoms with E-state index in [1.165, 1.54) is 0 Å². The molecule has 1 saturated heterocycles. The molecule has 154 valence electrons. The Morgan fingerprint density at radius 3 is 3.07 bits per heavy atom. The van der Waals surface area contributed by atoms with E-state index in [0.717, 1.165) is 35.9 Å². The number of amides is 1. The summed E-state index contributed by atoms with van der Waals surface area (Å²) in [7, 11) is 0. The maximum absolute atomic E-state index is 12.9. The molecule has 1 amide bonds. The average Bonchev–Trinajstić information content (AvgIpc) is 3.20. The third-order valence-electron chi connectivity index (χ3n) is 5.15. The number of anilines is 1. The van der Waals surface area contributed by atoms with Crippen LogP contribution in [-0.4, -0.2) is 50.0 Å². The topological polar surface area (TPSA) is 96.2 Å². The van der Waals surface area contributed by atoms with Gasteiger partial charge >= 0.3 is 0 Å². The van der Waals surface area contributed by atoms with Crippen molar-refractivity contribution >= 4 is 22.8 Å². The Morgan fingerprint density at radius 1 is 1.33 bits per heavy atom. The molecule has 0 saturated carbocycles. The van der Waals surface area contributed by atoms with Crippen LogP contribution in [0, 0.1) is 11.8 Å². The minimum atomic E-state index is -0.402. The standard InChI is InChI=1S/C22H24N6O2/c1-2-3-12-28-20(25-26-22(28)27-11-5-7-18(29)15-27)21(30)24-14-16-8-9-19-17(13-16)6-4-10-23-19/h4,6,8-10,13,18,29H,5,7,11-12,14-15H2,1H3,(H,24,30). The number of rotatable bonds is 5. The lowest BCUT2D eigenvalue weighted by Crippen LogP contribution is -2.40. The SMILES string of the molecule is CC#CCn1c(C(=O)NCc2ccc3ncccc3c2)nnc1N1CCCC(O)C1. The molecule has 4 rings (SSSR count). The molecule has 1 unspecified atom stereocenters. The maximum atomic E-state index is 12.9. The van der Waals surface area contributed by atoms with Crippen LogP contribution in [0.2, 0.25) is 0 Å². The number of hydrogen-bond donors (Lipinski definition) is 2. The maximum Gasteiger partial charge on any atom is 0.289 e. The van der Waals surface area contributed by atoms with Gasteiger partial charge in [-0.15, -0.1) is 16.1 Å². The molecule has 0 aliphatic carbocycles. The van der Waals surface area contributed by atoms with Gasteiger partial charge in [-0.1, -0.05) is 18.1 Å². The second-order valence-electron chi connectivity index (χ2n) is 7.29. The van der Waals surface area contributed by atoms with Crippen molar-refractivity contribution in [2.75, 3.05) is 18.0 Å². The number of nitrogens with one attached hydrogen (secondary N) is 1. The predicted octanol–water partition coefficient (Wildman–Crippen LogP) is 1.74. The normalized spacial score (nSPS) is 16.2. The highest BCUT2D eigenvalue weighted by Crippen LogP contribution is 2.19. The van der Waals surface area contributed by atoms with Crippen molar-refractivity contribution in [3.05, 3.63) is 47.9 Å². The zero-order valence-corrected chi connectivity index (χ0v) is 16.9. The number of carbonyl (C=O) groups excluding carboxylic acids is 1. The van der Waals surface area contributed by atoms with E-state index in [9.17, 15) is 9.90 Å². The van der Waals surface area contributed by atoms with Crippen molar-refractivity contribution < 1.29 is 9.90 Å². The van der Waals surface area contributed by atoms with E-state index in [4.69, 9.17) is 0 Å². The number of aliphatic hydroxyl groups excluding tert-OH is 1.